The van der Waals surface area contributed by atoms with E-state index in [1.54, 1.807) is 11.3 Å². The van der Waals surface area contributed by atoms with Gasteiger partial charge in [-0.25, -0.2) is 0 Å². The van der Waals surface area contributed by atoms with Crippen LogP contribution in [0.1, 0.15) is 37.6 Å². The van der Waals surface area contributed by atoms with Gasteiger partial charge >= 0.3 is 0 Å². The minimum atomic E-state index is 0.420. The van der Waals surface area contributed by atoms with Crippen LogP contribution in [0.25, 0.3) is 0 Å². The van der Waals surface area contributed by atoms with Crippen molar-refractivity contribution in [2.24, 2.45) is 0 Å². The number of thioether (sulfide) groups is 1. The fraction of sp³-hybridized carbons (Fsp3) is 0.667. The van der Waals surface area contributed by atoms with Gasteiger partial charge < -0.3 is 5.32 Å². The minimum Gasteiger partial charge on any atom is -0.306 e. The summed E-state index contributed by atoms with van der Waals surface area (Å²) in [6, 6.07) is 5.18. The minimum absolute atomic E-state index is 0.420. The predicted octanol–water partition coefficient (Wildman–Crippen LogP) is 4.34. The molecule has 0 aromatic carbocycles. The van der Waals surface area contributed by atoms with E-state index in [4.69, 9.17) is 11.6 Å². The third kappa shape index (κ3) is 3.16. The Balaban J connectivity index is 1.93. The van der Waals surface area contributed by atoms with Crippen molar-refractivity contribution in [3.63, 3.8) is 0 Å². The van der Waals surface area contributed by atoms with E-state index >= 15 is 0 Å². The molecule has 1 saturated heterocycles. The molecule has 1 aromatic heterocycles. The van der Waals surface area contributed by atoms with Crippen molar-refractivity contribution >= 4 is 34.7 Å². The van der Waals surface area contributed by atoms with Gasteiger partial charge in [-0.15, -0.1) is 11.3 Å². The Morgan fingerprint density at radius 1 is 1.50 bits per heavy atom. The lowest BCUT2D eigenvalue weighted by Crippen LogP contribution is -2.40. The molecule has 1 nitrogen and oxygen atoms in total. The maximum Gasteiger partial charge on any atom is 0.0931 e. The molecule has 2 heterocycles. The first-order valence-corrected chi connectivity index (χ1v) is 8.04. The van der Waals surface area contributed by atoms with Gasteiger partial charge in [0.15, 0.2) is 0 Å². The van der Waals surface area contributed by atoms with Gasteiger partial charge in [0.25, 0.3) is 0 Å². The second kappa shape index (κ2) is 5.76. The Kier molecular flexibility index (Phi) is 4.59. The molecule has 0 bridgehead atoms. The zero-order valence-corrected chi connectivity index (χ0v) is 12.1. The summed E-state index contributed by atoms with van der Waals surface area (Å²) in [5.41, 5.74) is 0. The normalized spacial score (nSPS) is 27.9. The molecule has 0 radical (unpaired) electrons. The lowest BCUT2D eigenvalue weighted by atomic mass is 10.1. The summed E-state index contributed by atoms with van der Waals surface area (Å²) in [5, 5.41) is 4.46. The highest BCUT2D eigenvalue weighted by atomic mass is 35.5. The monoisotopic (exact) mass is 275 g/mol. The third-order valence-corrected chi connectivity index (χ3v) is 5.88. The quantitative estimate of drug-likeness (QED) is 0.881. The number of halogens is 1. The Hall–Kier alpha value is 0.300. The third-order valence-electron chi connectivity index (χ3n) is 3.09. The SMILES string of the molecule is CC(NC1CCCSC1C)c1ccc(Cl)s1. The van der Waals surface area contributed by atoms with E-state index in [0.717, 1.165) is 9.59 Å². The molecular formula is C12H18ClNS2. The van der Waals surface area contributed by atoms with Crippen LogP contribution >= 0.6 is 34.7 Å². The van der Waals surface area contributed by atoms with E-state index in [1.807, 2.05) is 6.07 Å². The van der Waals surface area contributed by atoms with Gasteiger partial charge in [0.2, 0.25) is 0 Å². The average molecular weight is 276 g/mol. The van der Waals surface area contributed by atoms with Crippen molar-refractivity contribution in [1.29, 1.82) is 0 Å². The number of nitrogens with one attached hydrogen (secondary N) is 1. The number of hydrogen-bond acceptors (Lipinski definition) is 3. The lowest BCUT2D eigenvalue weighted by molar-refractivity contribution is 0.420. The number of hydrogen-bond donors (Lipinski definition) is 1. The number of thiophene rings is 1. The van der Waals surface area contributed by atoms with Gasteiger partial charge in [0.05, 0.1) is 4.34 Å². The fourth-order valence-electron chi connectivity index (χ4n) is 2.11. The van der Waals surface area contributed by atoms with E-state index in [-0.39, 0.29) is 0 Å². The second-order valence-electron chi connectivity index (χ2n) is 4.35. The van der Waals surface area contributed by atoms with Crippen molar-refractivity contribution in [3.8, 4) is 0 Å². The van der Waals surface area contributed by atoms with E-state index in [2.05, 4.69) is 37.0 Å². The van der Waals surface area contributed by atoms with Crippen LogP contribution in [-0.2, 0) is 0 Å². The highest BCUT2D eigenvalue weighted by Crippen LogP contribution is 2.30. The Morgan fingerprint density at radius 2 is 2.31 bits per heavy atom. The van der Waals surface area contributed by atoms with Crippen molar-refractivity contribution in [2.75, 3.05) is 5.75 Å². The molecule has 1 aliphatic rings. The van der Waals surface area contributed by atoms with Gasteiger partial charge in [-0.2, -0.15) is 11.8 Å². The van der Waals surface area contributed by atoms with E-state index in [0.29, 0.717) is 12.1 Å². The Labute approximate surface area is 111 Å². The topological polar surface area (TPSA) is 12.0 Å². The van der Waals surface area contributed by atoms with E-state index < -0.39 is 0 Å². The Morgan fingerprint density at radius 3 is 2.94 bits per heavy atom. The zero-order valence-electron chi connectivity index (χ0n) is 9.70. The summed E-state index contributed by atoms with van der Waals surface area (Å²) >= 11 is 9.73. The lowest BCUT2D eigenvalue weighted by Gasteiger charge is -2.31. The van der Waals surface area contributed by atoms with Gasteiger partial charge in [-0.3, -0.25) is 0 Å². The average Bonchev–Trinajstić information content (AvgIpc) is 2.68. The van der Waals surface area contributed by atoms with Gasteiger partial charge in [0.1, 0.15) is 0 Å². The van der Waals surface area contributed by atoms with Crippen molar-refractivity contribution in [1.82, 2.24) is 5.32 Å². The highest BCUT2D eigenvalue weighted by molar-refractivity contribution is 7.99. The first kappa shape index (κ1) is 12.7. The van der Waals surface area contributed by atoms with E-state index in [9.17, 15) is 0 Å². The standard InChI is InChI=1S/C12H18ClNS2/c1-8(11-5-6-12(13)16-11)14-10-4-3-7-15-9(10)2/h5-6,8-10,14H,3-4,7H2,1-2H3. The highest BCUT2D eigenvalue weighted by Gasteiger charge is 2.23. The predicted molar refractivity (Wildman–Crippen MR) is 75.8 cm³/mol. The summed E-state index contributed by atoms with van der Waals surface area (Å²) < 4.78 is 0.884. The summed E-state index contributed by atoms with van der Waals surface area (Å²) in [4.78, 5) is 1.34. The molecule has 0 spiro atoms. The molecular weight excluding hydrogens is 258 g/mol. The van der Waals surface area contributed by atoms with Crippen LogP contribution in [0.3, 0.4) is 0 Å². The fourth-order valence-corrected chi connectivity index (χ4v) is 4.33. The molecule has 3 atom stereocenters. The summed E-state index contributed by atoms with van der Waals surface area (Å²) in [7, 11) is 0. The molecule has 1 N–H and O–H groups in total. The molecule has 1 aliphatic heterocycles. The molecule has 3 unspecified atom stereocenters. The van der Waals surface area contributed by atoms with Gasteiger partial charge in [-0.1, -0.05) is 18.5 Å². The molecule has 2 rings (SSSR count). The van der Waals surface area contributed by atoms with Crippen LogP contribution < -0.4 is 5.32 Å². The summed E-state index contributed by atoms with van der Waals surface area (Å²) in [6.07, 6.45) is 2.64. The molecule has 0 saturated carbocycles. The van der Waals surface area contributed by atoms with Gasteiger partial charge in [-0.05, 0) is 37.7 Å². The van der Waals surface area contributed by atoms with Crippen LogP contribution in [0.2, 0.25) is 4.34 Å². The van der Waals surface area contributed by atoms with Crippen LogP contribution in [0, 0.1) is 0 Å². The molecule has 90 valence electrons. The van der Waals surface area contributed by atoms with Crippen LogP contribution in [0.15, 0.2) is 12.1 Å². The summed E-state index contributed by atoms with van der Waals surface area (Å²) in [5.74, 6) is 1.32. The number of rotatable bonds is 3. The van der Waals surface area contributed by atoms with Crippen LogP contribution in [0.4, 0.5) is 0 Å². The molecule has 16 heavy (non-hydrogen) atoms. The molecule has 1 fully saturated rings. The molecule has 0 amide bonds. The largest absolute Gasteiger partial charge is 0.306 e. The molecule has 1 aromatic rings. The first-order chi connectivity index (χ1) is 7.66. The van der Waals surface area contributed by atoms with Crippen LogP contribution in [-0.4, -0.2) is 17.0 Å². The molecule has 0 aliphatic carbocycles. The van der Waals surface area contributed by atoms with Crippen molar-refractivity contribution in [2.45, 2.75) is 44.0 Å². The maximum absolute atomic E-state index is 5.96. The van der Waals surface area contributed by atoms with Crippen molar-refractivity contribution < 1.29 is 0 Å². The smallest absolute Gasteiger partial charge is 0.0931 e. The molecule has 4 heteroatoms. The maximum atomic E-state index is 5.96. The van der Waals surface area contributed by atoms with Crippen molar-refractivity contribution in [3.05, 3.63) is 21.3 Å². The second-order valence-corrected chi connectivity index (χ2v) is 7.59. The van der Waals surface area contributed by atoms with Gasteiger partial charge in [0, 0.05) is 22.2 Å². The first-order valence-electron chi connectivity index (χ1n) is 5.79. The van der Waals surface area contributed by atoms with E-state index in [1.165, 1.54) is 23.5 Å². The Bertz CT molecular complexity index is 340. The van der Waals surface area contributed by atoms with Crippen LogP contribution in [0.5, 0.6) is 0 Å². The zero-order chi connectivity index (χ0) is 11.5. The summed E-state index contributed by atoms with van der Waals surface area (Å²) in [6.45, 7) is 4.56.